The van der Waals surface area contributed by atoms with E-state index in [4.69, 9.17) is 0 Å². The third kappa shape index (κ3) is 9.97. The molecule has 4 heteroatoms. The quantitative estimate of drug-likeness (QED) is 0.0828. The van der Waals surface area contributed by atoms with Gasteiger partial charge in [0.15, 0.2) is 5.78 Å². The minimum absolute atomic E-state index is 0. The Kier molecular flexibility index (Phi) is 13.9. The number of hydrogen-bond acceptors (Lipinski definition) is 3. The van der Waals surface area contributed by atoms with Crippen molar-refractivity contribution in [3.8, 4) is 44.5 Å². The molecular formula is C49H49ClN2O. The summed E-state index contributed by atoms with van der Waals surface area (Å²) in [7, 11) is 4.28. The van der Waals surface area contributed by atoms with Crippen molar-refractivity contribution in [2.45, 2.75) is 26.9 Å². The molecule has 0 spiro atoms. The standard InChI is InChI=1S/C49H48N2O.ClH/c1-5-7-33-50(3)35-37-17-21-39(22-18-37)45-13-9-11-15-47(45)41-25-29-43(30-26-41)49(52)44-31-27-42(28-32-44)48-16-12-10-14-46(48)40-23-19-38(20-24-40)36-51(4)34-8-6-2;/h5-32H,33-36H2,1-4H3;1H. The van der Waals surface area contributed by atoms with Crippen LogP contribution in [0.3, 0.4) is 0 Å². The summed E-state index contributed by atoms with van der Waals surface area (Å²) in [6, 6.07) is 50.7. The summed E-state index contributed by atoms with van der Waals surface area (Å²) in [6.07, 6.45) is 8.53. The topological polar surface area (TPSA) is 23.6 Å². The molecule has 0 aromatic heterocycles. The molecule has 0 radical (unpaired) electrons. The molecule has 0 heterocycles. The molecule has 0 fully saturated rings. The van der Waals surface area contributed by atoms with Crippen LogP contribution in [0.1, 0.15) is 40.9 Å². The van der Waals surface area contributed by atoms with Crippen molar-refractivity contribution in [3.05, 3.63) is 192 Å². The van der Waals surface area contributed by atoms with Crippen LogP contribution in [-0.2, 0) is 13.1 Å². The molecule has 0 saturated heterocycles. The number of carbonyl (C=O) groups excluding carboxylic acids is 1. The molecule has 268 valence electrons. The smallest absolute Gasteiger partial charge is 0.193 e. The van der Waals surface area contributed by atoms with Gasteiger partial charge in [-0.2, -0.15) is 0 Å². The molecule has 0 bridgehead atoms. The van der Waals surface area contributed by atoms with Gasteiger partial charge in [0.2, 0.25) is 0 Å². The maximum absolute atomic E-state index is 13.6. The number of carbonyl (C=O) groups is 1. The average molecular weight is 717 g/mol. The number of benzene rings is 6. The van der Waals surface area contributed by atoms with Gasteiger partial charge < -0.3 is 0 Å². The zero-order chi connectivity index (χ0) is 36.3. The van der Waals surface area contributed by atoms with Gasteiger partial charge in [0.25, 0.3) is 0 Å². The third-order valence-electron chi connectivity index (χ3n) is 9.51. The van der Waals surface area contributed by atoms with Crippen LogP contribution >= 0.6 is 12.4 Å². The molecule has 53 heavy (non-hydrogen) atoms. The van der Waals surface area contributed by atoms with Crippen LogP contribution in [0.5, 0.6) is 0 Å². The van der Waals surface area contributed by atoms with Crippen molar-refractivity contribution in [3.63, 3.8) is 0 Å². The Labute approximate surface area is 322 Å². The molecule has 0 aliphatic carbocycles. The van der Waals surface area contributed by atoms with Crippen molar-refractivity contribution in [2.24, 2.45) is 0 Å². The number of nitrogens with zero attached hydrogens (tertiary/aromatic N) is 2. The first-order valence-electron chi connectivity index (χ1n) is 18.1. The highest BCUT2D eigenvalue weighted by molar-refractivity contribution is 6.09. The van der Waals surface area contributed by atoms with Crippen LogP contribution in [0.4, 0.5) is 0 Å². The van der Waals surface area contributed by atoms with Gasteiger partial charge in [-0.1, -0.05) is 170 Å². The normalized spacial score (nSPS) is 11.4. The molecule has 0 unspecified atom stereocenters. The molecule has 0 aliphatic heterocycles. The maximum atomic E-state index is 13.6. The molecular weight excluding hydrogens is 668 g/mol. The minimum Gasteiger partial charge on any atom is -0.298 e. The van der Waals surface area contributed by atoms with Gasteiger partial charge in [-0.15, -0.1) is 12.4 Å². The van der Waals surface area contributed by atoms with Crippen LogP contribution in [0.15, 0.2) is 170 Å². The van der Waals surface area contributed by atoms with Gasteiger partial charge in [-0.25, -0.2) is 0 Å². The Bertz CT molecular complexity index is 1980. The molecule has 0 saturated carbocycles. The van der Waals surface area contributed by atoms with Crippen molar-refractivity contribution < 1.29 is 4.79 Å². The van der Waals surface area contributed by atoms with E-state index in [-0.39, 0.29) is 18.2 Å². The van der Waals surface area contributed by atoms with Gasteiger partial charge in [0.1, 0.15) is 0 Å². The van der Waals surface area contributed by atoms with E-state index in [2.05, 4.69) is 183 Å². The maximum Gasteiger partial charge on any atom is 0.193 e. The van der Waals surface area contributed by atoms with Crippen LogP contribution in [0.25, 0.3) is 44.5 Å². The predicted octanol–water partition coefficient (Wildman–Crippen LogP) is 12.0. The molecule has 6 aromatic carbocycles. The molecule has 0 aliphatic rings. The second kappa shape index (κ2) is 19.0. The Morgan fingerprint density at radius 3 is 1.02 bits per heavy atom. The molecule has 6 rings (SSSR count). The van der Waals surface area contributed by atoms with Crippen LogP contribution < -0.4 is 0 Å². The van der Waals surface area contributed by atoms with Gasteiger partial charge >= 0.3 is 0 Å². The third-order valence-corrected chi connectivity index (χ3v) is 9.51. The van der Waals surface area contributed by atoms with Gasteiger partial charge in [0, 0.05) is 37.3 Å². The van der Waals surface area contributed by atoms with Gasteiger partial charge in [0.05, 0.1) is 0 Å². The van der Waals surface area contributed by atoms with Crippen molar-refractivity contribution in [1.29, 1.82) is 0 Å². The zero-order valence-corrected chi connectivity index (χ0v) is 32.0. The molecule has 0 N–H and O–H groups in total. The Balaban J connectivity index is 0.00000541. The Hall–Kier alpha value is -5.32. The van der Waals surface area contributed by atoms with E-state index >= 15 is 0 Å². The summed E-state index contributed by atoms with van der Waals surface area (Å²) in [5, 5.41) is 0. The van der Waals surface area contributed by atoms with E-state index in [0.717, 1.165) is 48.4 Å². The van der Waals surface area contributed by atoms with E-state index in [1.165, 1.54) is 33.4 Å². The summed E-state index contributed by atoms with van der Waals surface area (Å²) in [6.45, 7) is 7.79. The van der Waals surface area contributed by atoms with Crippen molar-refractivity contribution in [2.75, 3.05) is 27.2 Å². The summed E-state index contributed by atoms with van der Waals surface area (Å²) in [5.74, 6) is 0.0182. The highest BCUT2D eigenvalue weighted by Crippen LogP contribution is 2.34. The summed E-state index contributed by atoms with van der Waals surface area (Å²) >= 11 is 0. The fourth-order valence-corrected chi connectivity index (χ4v) is 6.64. The van der Waals surface area contributed by atoms with Gasteiger partial charge in [-0.3, -0.25) is 14.6 Å². The fraction of sp³-hybridized carbons (Fsp3) is 0.163. The number of halogens is 1. The number of rotatable bonds is 14. The first-order valence-corrected chi connectivity index (χ1v) is 18.1. The van der Waals surface area contributed by atoms with E-state index < -0.39 is 0 Å². The molecule has 0 amide bonds. The van der Waals surface area contributed by atoms with Crippen molar-refractivity contribution >= 4 is 18.2 Å². The largest absolute Gasteiger partial charge is 0.298 e. The summed E-state index contributed by atoms with van der Waals surface area (Å²) < 4.78 is 0. The Morgan fingerprint density at radius 2 is 0.736 bits per heavy atom. The number of likely N-dealkylation sites (N-methyl/N-ethyl adjacent to an activating group) is 2. The predicted molar refractivity (Wildman–Crippen MR) is 228 cm³/mol. The lowest BCUT2D eigenvalue weighted by molar-refractivity contribution is 0.103. The Morgan fingerprint density at radius 1 is 0.453 bits per heavy atom. The lowest BCUT2D eigenvalue weighted by Gasteiger charge is -2.15. The second-order valence-electron chi connectivity index (χ2n) is 13.5. The summed E-state index contributed by atoms with van der Waals surface area (Å²) in [4.78, 5) is 18.2. The van der Waals surface area contributed by atoms with Gasteiger partial charge in [-0.05, 0) is 83.6 Å². The highest BCUT2D eigenvalue weighted by atomic mass is 35.5. The first-order chi connectivity index (χ1) is 25.4. The van der Waals surface area contributed by atoms with E-state index in [0.29, 0.717) is 11.1 Å². The lowest BCUT2D eigenvalue weighted by Crippen LogP contribution is -2.17. The SMILES string of the molecule is CC=CCN(C)Cc1ccc(-c2ccccc2-c2ccc(C(=O)c3ccc(-c4ccccc4-c4ccc(CN(C)CC=CC)cc4)cc3)cc2)cc1.Cl. The molecule has 6 aromatic rings. The highest BCUT2D eigenvalue weighted by Gasteiger charge is 2.14. The summed E-state index contributed by atoms with van der Waals surface area (Å²) in [5.41, 5.74) is 13.1. The number of ketones is 1. The number of allylic oxidation sites excluding steroid dienone is 2. The molecule has 3 nitrogen and oxygen atoms in total. The van der Waals surface area contributed by atoms with E-state index in [1.54, 1.807) is 0 Å². The lowest BCUT2D eigenvalue weighted by atomic mass is 9.92. The number of hydrogen-bond donors (Lipinski definition) is 0. The van der Waals surface area contributed by atoms with E-state index in [9.17, 15) is 4.79 Å². The van der Waals surface area contributed by atoms with Crippen LogP contribution in [0, 0.1) is 0 Å². The van der Waals surface area contributed by atoms with Crippen LogP contribution in [0.2, 0.25) is 0 Å². The monoisotopic (exact) mass is 716 g/mol. The zero-order valence-electron chi connectivity index (χ0n) is 31.2. The van der Waals surface area contributed by atoms with Crippen molar-refractivity contribution in [1.82, 2.24) is 9.80 Å². The second-order valence-corrected chi connectivity index (χ2v) is 13.5. The van der Waals surface area contributed by atoms with E-state index in [1.807, 2.05) is 24.3 Å². The minimum atomic E-state index is 0. The average Bonchev–Trinajstić information content (AvgIpc) is 3.20. The first kappa shape index (κ1) is 38.9. The molecule has 0 atom stereocenters. The fourth-order valence-electron chi connectivity index (χ4n) is 6.64. The van der Waals surface area contributed by atoms with Crippen LogP contribution in [-0.4, -0.2) is 42.8 Å².